The van der Waals surface area contributed by atoms with E-state index < -0.39 is 0 Å². The van der Waals surface area contributed by atoms with Crippen molar-refractivity contribution in [2.24, 2.45) is 0 Å². The zero-order chi connectivity index (χ0) is 12.8. The second-order valence-corrected chi connectivity index (χ2v) is 5.51. The molecule has 1 heterocycles. The third kappa shape index (κ3) is 1.74. The highest BCUT2D eigenvalue weighted by Gasteiger charge is 2.31. The topological polar surface area (TPSA) is 35.2 Å². The van der Waals surface area contributed by atoms with E-state index in [1.807, 2.05) is 12.1 Å². The van der Waals surface area contributed by atoms with Gasteiger partial charge in [-0.05, 0) is 35.4 Å². The SMILES string of the molecule is CC1(C)COc2ccc(-c3ccc(N)cc3)cc21. The van der Waals surface area contributed by atoms with Crippen molar-refractivity contribution in [1.29, 1.82) is 0 Å². The number of benzene rings is 2. The Labute approximate surface area is 107 Å². The summed E-state index contributed by atoms with van der Waals surface area (Å²) in [7, 11) is 0. The number of anilines is 1. The van der Waals surface area contributed by atoms with Crippen molar-refractivity contribution < 1.29 is 4.74 Å². The normalized spacial score (nSPS) is 16.1. The van der Waals surface area contributed by atoms with Crippen molar-refractivity contribution in [1.82, 2.24) is 0 Å². The van der Waals surface area contributed by atoms with Gasteiger partial charge in [-0.1, -0.05) is 32.0 Å². The van der Waals surface area contributed by atoms with Gasteiger partial charge in [-0.2, -0.15) is 0 Å². The molecule has 18 heavy (non-hydrogen) atoms. The summed E-state index contributed by atoms with van der Waals surface area (Å²) in [6.45, 7) is 5.19. The minimum absolute atomic E-state index is 0.0964. The van der Waals surface area contributed by atoms with Crippen molar-refractivity contribution in [3.8, 4) is 16.9 Å². The summed E-state index contributed by atoms with van der Waals surface area (Å²) in [6, 6.07) is 14.4. The van der Waals surface area contributed by atoms with E-state index in [-0.39, 0.29) is 5.41 Å². The van der Waals surface area contributed by atoms with Crippen LogP contribution in [0.25, 0.3) is 11.1 Å². The van der Waals surface area contributed by atoms with Gasteiger partial charge in [0, 0.05) is 16.7 Å². The van der Waals surface area contributed by atoms with Gasteiger partial charge in [-0.3, -0.25) is 0 Å². The van der Waals surface area contributed by atoms with E-state index in [0.717, 1.165) is 18.0 Å². The van der Waals surface area contributed by atoms with Crippen molar-refractivity contribution in [2.75, 3.05) is 12.3 Å². The van der Waals surface area contributed by atoms with Gasteiger partial charge in [0.25, 0.3) is 0 Å². The van der Waals surface area contributed by atoms with E-state index >= 15 is 0 Å². The van der Waals surface area contributed by atoms with Crippen molar-refractivity contribution in [3.05, 3.63) is 48.0 Å². The van der Waals surface area contributed by atoms with E-state index in [2.05, 4.69) is 44.2 Å². The maximum absolute atomic E-state index is 5.72. The van der Waals surface area contributed by atoms with Gasteiger partial charge in [-0.15, -0.1) is 0 Å². The first-order valence-electron chi connectivity index (χ1n) is 6.19. The predicted molar refractivity (Wildman–Crippen MR) is 74.8 cm³/mol. The number of nitrogens with two attached hydrogens (primary N) is 1. The van der Waals surface area contributed by atoms with E-state index in [4.69, 9.17) is 10.5 Å². The van der Waals surface area contributed by atoms with Crippen LogP contribution in [-0.2, 0) is 5.41 Å². The van der Waals surface area contributed by atoms with E-state index in [1.54, 1.807) is 0 Å². The lowest BCUT2D eigenvalue weighted by atomic mass is 9.85. The molecule has 0 fully saturated rings. The third-order valence-electron chi connectivity index (χ3n) is 3.54. The van der Waals surface area contributed by atoms with Gasteiger partial charge in [0.1, 0.15) is 5.75 Å². The molecule has 0 radical (unpaired) electrons. The molecule has 2 aromatic carbocycles. The molecule has 0 spiro atoms. The molecule has 92 valence electrons. The number of hydrogen-bond donors (Lipinski definition) is 1. The molecule has 0 aliphatic carbocycles. The van der Waals surface area contributed by atoms with Crippen molar-refractivity contribution in [3.63, 3.8) is 0 Å². The average molecular weight is 239 g/mol. The Morgan fingerprint density at radius 3 is 2.39 bits per heavy atom. The maximum Gasteiger partial charge on any atom is 0.123 e. The van der Waals surface area contributed by atoms with Gasteiger partial charge < -0.3 is 10.5 Å². The van der Waals surface area contributed by atoms with Crippen molar-refractivity contribution >= 4 is 5.69 Å². The van der Waals surface area contributed by atoms with Crippen LogP contribution < -0.4 is 10.5 Å². The highest BCUT2D eigenvalue weighted by molar-refractivity contribution is 5.68. The Morgan fingerprint density at radius 1 is 1.00 bits per heavy atom. The minimum Gasteiger partial charge on any atom is -0.492 e. The third-order valence-corrected chi connectivity index (χ3v) is 3.54. The Hall–Kier alpha value is -1.96. The maximum atomic E-state index is 5.72. The second-order valence-electron chi connectivity index (χ2n) is 5.51. The quantitative estimate of drug-likeness (QED) is 0.772. The fourth-order valence-electron chi connectivity index (χ4n) is 2.38. The first-order chi connectivity index (χ1) is 8.56. The van der Waals surface area contributed by atoms with Crippen LogP contribution in [0.3, 0.4) is 0 Å². The predicted octanol–water partition coefficient (Wildman–Crippen LogP) is 3.61. The fourth-order valence-corrected chi connectivity index (χ4v) is 2.38. The highest BCUT2D eigenvalue weighted by Crippen LogP contribution is 2.40. The van der Waals surface area contributed by atoms with Gasteiger partial charge >= 0.3 is 0 Å². The molecule has 0 atom stereocenters. The first kappa shape index (κ1) is 11.1. The lowest BCUT2D eigenvalue weighted by Crippen LogP contribution is -2.18. The number of ether oxygens (including phenoxy) is 1. The molecule has 2 N–H and O–H groups in total. The monoisotopic (exact) mass is 239 g/mol. The Balaban J connectivity index is 2.08. The minimum atomic E-state index is 0.0964. The lowest BCUT2D eigenvalue weighted by molar-refractivity contribution is 0.291. The summed E-state index contributed by atoms with van der Waals surface area (Å²) in [5.41, 5.74) is 10.3. The molecule has 0 bridgehead atoms. The summed E-state index contributed by atoms with van der Waals surface area (Å²) >= 11 is 0. The summed E-state index contributed by atoms with van der Waals surface area (Å²) < 4.78 is 5.70. The van der Waals surface area contributed by atoms with Crippen LogP contribution in [0.4, 0.5) is 5.69 Å². The van der Waals surface area contributed by atoms with Gasteiger partial charge in [0.05, 0.1) is 6.61 Å². The number of nitrogen functional groups attached to an aromatic ring is 1. The van der Waals surface area contributed by atoms with E-state index in [0.29, 0.717) is 0 Å². The number of hydrogen-bond acceptors (Lipinski definition) is 2. The smallest absolute Gasteiger partial charge is 0.123 e. The van der Waals surface area contributed by atoms with Crippen LogP contribution in [0.2, 0.25) is 0 Å². The zero-order valence-corrected chi connectivity index (χ0v) is 10.7. The molecular formula is C16H17NO. The molecule has 0 saturated heterocycles. The van der Waals surface area contributed by atoms with E-state index in [9.17, 15) is 0 Å². The molecule has 2 heteroatoms. The Kier molecular flexibility index (Phi) is 2.34. The largest absolute Gasteiger partial charge is 0.492 e. The molecule has 0 amide bonds. The Bertz CT molecular complexity index is 585. The van der Waals surface area contributed by atoms with Crippen LogP contribution in [0.1, 0.15) is 19.4 Å². The van der Waals surface area contributed by atoms with Crippen LogP contribution in [0, 0.1) is 0 Å². The summed E-state index contributed by atoms with van der Waals surface area (Å²) in [5, 5.41) is 0. The van der Waals surface area contributed by atoms with Gasteiger partial charge in [0.2, 0.25) is 0 Å². The number of fused-ring (bicyclic) bond motifs is 1. The van der Waals surface area contributed by atoms with Crippen molar-refractivity contribution in [2.45, 2.75) is 19.3 Å². The molecule has 1 aliphatic rings. The average Bonchev–Trinajstić information content (AvgIpc) is 2.66. The molecule has 0 saturated carbocycles. The van der Waals surface area contributed by atoms with Gasteiger partial charge in [-0.25, -0.2) is 0 Å². The molecule has 2 nitrogen and oxygen atoms in total. The Morgan fingerprint density at radius 2 is 1.67 bits per heavy atom. The summed E-state index contributed by atoms with van der Waals surface area (Å²) in [6.07, 6.45) is 0. The second kappa shape index (κ2) is 3.77. The molecule has 0 unspecified atom stereocenters. The van der Waals surface area contributed by atoms with Gasteiger partial charge in [0.15, 0.2) is 0 Å². The van der Waals surface area contributed by atoms with Crippen LogP contribution in [0.15, 0.2) is 42.5 Å². The van der Waals surface area contributed by atoms with Crippen LogP contribution in [-0.4, -0.2) is 6.61 Å². The standard InChI is InChI=1S/C16H17NO/c1-16(2)10-18-15-8-5-12(9-14(15)16)11-3-6-13(17)7-4-11/h3-9H,10,17H2,1-2H3. The summed E-state index contributed by atoms with van der Waals surface area (Å²) in [5.74, 6) is 1.01. The lowest BCUT2D eigenvalue weighted by Gasteiger charge is -2.16. The molecule has 0 aromatic heterocycles. The zero-order valence-electron chi connectivity index (χ0n) is 10.7. The van der Waals surface area contributed by atoms with E-state index in [1.165, 1.54) is 16.7 Å². The highest BCUT2D eigenvalue weighted by atomic mass is 16.5. The molecule has 1 aliphatic heterocycles. The number of rotatable bonds is 1. The fraction of sp³-hybridized carbons (Fsp3) is 0.250. The molecular weight excluding hydrogens is 222 g/mol. The molecule has 3 rings (SSSR count). The first-order valence-corrected chi connectivity index (χ1v) is 6.19. The van der Waals surface area contributed by atoms with Crippen LogP contribution in [0.5, 0.6) is 5.75 Å². The van der Waals surface area contributed by atoms with Crippen LogP contribution >= 0.6 is 0 Å². The summed E-state index contributed by atoms with van der Waals surface area (Å²) in [4.78, 5) is 0. The molecule has 2 aromatic rings.